The van der Waals surface area contributed by atoms with Gasteiger partial charge in [-0.2, -0.15) is 0 Å². The second-order valence-corrected chi connectivity index (χ2v) is 11.9. The average Bonchev–Trinajstić information content (AvgIpc) is 3.02. The third-order valence-corrected chi connectivity index (χ3v) is 8.15. The van der Waals surface area contributed by atoms with Crippen LogP contribution in [0.2, 0.25) is 0 Å². The highest BCUT2D eigenvalue weighted by Crippen LogP contribution is 2.30. The van der Waals surface area contributed by atoms with E-state index in [-0.39, 0.29) is 5.78 Å². The first-order valence-electron chi connectivity index (χ1n) is 17.4. The zero-order chi connectivity index (χ0) is 30.1. The number of rotatable bonds is 27. The summed E-state index contributed by atoms with van der Waals surface area (Å²) in [7, 11) is 1.88. The fourth-order valence-electron chi connectivity index (χ4n) is 5.38. The summed E-state index contributed by atoms with van der Waals surface area (Å²) < 4.78 is 12.4. The number of anilines is 1. The Labute approximate surface area is 258 Å². The molecule has 0 radical (unpaired) electrons. The van der Waals surface area contributed by atoms with E-state index in [1.807, 2.05) is 49.5 Å². The summed E-state index contributed by atoms with van der Waals surface area (Å²) in [4.78, 5) is 13.2. The van der Waals surface area contributed by atoms with Crippen LogP contribution in [0.1, 0.15) is 158 Å². The number of hydrogen-bond donors (Lipinski definition) is 1. The second kappa shape index (κ2) is 24.0. The summed E-state index contributed by atoms with van der Waals surface area (Å²) >= 11 is 0. The van der Waals surface area contributed by atoms with Gasteiger partial charge in [0.05, 0.1) is 13.2 Å². The van der Waals surface area contributed by atoms with Gasteiger partial charge < -0.3 is 14.8 Å². The van der Waals surface area contributed by atoms with E-state index in [0.29, 0.717) is 30.1 Å². The van der Waals surface area contributed by atoms with Crippen LogP contribution < -0.4 is 14.8 Å². The van der Waals surface area contributed by atoms with Gasteiger partial charge in [0.2, 0.25) is 0 Å². The lowest BCUT2D eigenvalue weighted by Gasteiger charge is -2.14. The third kappa shape index (κ3) is 15.7. The van der Waals surface area contributed by atoms with Crippen molar-refractivity contribution in [1.29, 1.82) is 0 Å². The molecule has 0 saturated carbocycles. The Morgan fingerprint density at radius 3 is 1.38 bits per heavy atom. The van der Waals surface area contributed by atoms with Crippen molar-refractivity contribution in [3.63, 3.8) is 0 Å². The number of hydrogen-bond acceptors (Lipinski definition) is 4. The van der Waals surface area contributed by atoms with Gasteiger partial charge >= 0.3 is 0 Å². The number of carbonyl (C=O) groups excluding carboxylic acids is 1. The van der Waals surface area contributed by atoms with Crippen LogP contribution >= 0.6 is 0 Å². The summed E-state index contributed by atoms with van der Waals surface area (Å²) in [6, 6.07) is 13.3. The van der Waals surface area contributed by atoms with Gasteiger partial charge in [0, 0.05) is 23.9 Å². The molecule has 2 rings (SSSR count). The van der Waals surface area contributed by atoms with E-state index in [9.17, 15) is 4.79 Å². The number of ketones is 1. The molecular weight excluding hydrogens is 518 g/mol. The van der Waals surface area contributed by atoms with Crippen LogP contribution in [0, 0.1) is 0 Å². The van der Waals surface area contributed by atoms with E-state index >= 15 is 0 Å². The molecule has 0 aliphatic carbocycles. The van der Waals surface area contributed by atoms with Crippen molar-refractivity contribution in [3.05, 3.63) is 53.6 Å². The standard InChI is InChI=1S/C38H61NO3/c1-4-6-8-10-12-14-16-18-20-22-30-41-36-29-26-34(38(40)33-24-27-35(39-3)28-25-33)32-37(36)42-31-23-21-19-17-15-13-11-9-7-5-2/h24-29,32,39H,4-23,30-31H2,1-3H3. The first-order chi connectivity index (χ1) is 20.7. The maximum atomic E-state index is 13.2. The molecule has 0 amide bonds. The van der Waals surface area contributed by atoms with E-state index in [0.717, 1.165) is 24.3 Å². The lowest BCUT2D eigenvalue weighted by molar-refractivity contribution is 0.103. The molecule has 4 heteroatoms. The number of nitrogens with one attached hydrogen (secondary N) is 1. The van der Waals surface area contributed by atoms with Crippen molar-refractivity contribution < 1.29 is 14.3 Å². The summed E-state index contributed by atoms with van der Waals surface area (Å²) in [5.41, 5.74) is 2.30. The molecule has 236 valence electrons. The molecule has 1 N–H and O–H groups in total. The van der Waals surface area contributed by atoms with Gasteiger partial charge in [-0.25, -0.2) is 0 Å². The van der Waals surface area contributed by atoms with Gasteiger partial charge in [-0.1, -0.05) is 129 Å². The molecule has 0 heterocycles. The zero-order valence-corrected chi connectivity index (χ0v) is 27.3. The minimum absolute atomic E-state index is 0.00249. The lowest BCUT2D eigenvalue weighted by atomic mass is 10.0. The highest BCUT2D eigenvalue weighted by molar-refractivity contribution is 6.09. The largest absolute Gasteiger partial charge is 0.490 e. The Morgan fingerprint density at radius 1 is 0.524 bits per heavy atom. The second-order valence-electron chi connectivity index (χ2n) is 11.9. The smallest absolute Gasteiger partial charge is 0.193 e. The van der Waals surface area contributed by atoms with E-state index < -0.39 is 0 Å². The van der Waals surface area contributed by atoms with Crippen LogP contribution in [0.5, 0.6) is 11.5 Å². The number of benzene rings is 2. The van der Waals surface area contributed by atoms with Crippen molar-refractivity contribution in [2.75, 3.05) is 25.6 Å². The molecule has 2 aromatic rings. The van der Waals surface area contributed by atoms with Crippen molar-refractivity contribution >= 4 is 11.5 Å². The summed E-state index contributed by atoms with van der Waals surface area (Å²) in [6.45, 7) is 5.88. The van der Waals surface area contributed by atoms with Crippen molar-refractivity contribution in [2.24, 2.45) is 0 Å². The number of ether oxygens (including phenoxy) is 2. The van der Waals surface area contributed by atoms with Gasteiger partial charge in [-0.3, -0.25) is 4.79 Å². The number of unbranched alkanes of at least 4 members (excludes halogenated alkanes) is 18. The molecule has 0 atom stereocenters. The fraction of sp³-hybridized carbons (Fsp3) is 0.658. The van der Waals surface area contributed by atoms with E-state index in [2.05, 4.69) is 19.2 Å². The van der Waals surface area contributed by atoms with Gasteiger partial charge in [0.25, 0.3) is 0 Å². The highest BCUT2D eigenvalue weighted by Gasteiger charge is 2.14. The van der Waals surface area contributed by atoms with E-state index in [1.165, 1.54) is 116 Å². The predicted molar refractivity (Wildman–Crippen MR) is 181 cm³/mol. The summed E-state index contributed by atoms with van der Waals surface area (Å²) in [5.74, 6) is 1.44. The monoisotopic (exact) mass is 579 g/mol. The molecule has 0 aromatic heterocycles. The van der Waals surface area contributed by atoms with Crippen molar-refractivity contribution in [1.82, 2.24) is 0 Å². The molecule has 2 aromatic carbocycles. The van der Waals surface area contributed by atoms with Gasteiger partial charge in [0.15, 0.2) is 17.3 Å². The first kappa shape index (κ1) is 35.7. The maximum Gasteiger partial charge on any atom is 0.193 e. The molecule has 0 spiro atoms. The Hall–Kier alpha value is -2.49. The topological polar surface area (TPSA) is 47.6 Å². The molecule has 0 aliphatic heterocycles. The van der Waals surface area contributed by atoms with Gasteiger partial charge in [-0.15, -0.1) is 0 Å². The van der Waals surface area contributed by atoms with Crippen LogP contribution in [0.4, 0.5) is 5.69 Å². The minimum Gasteiger partial charge on any atom is -0.490 e. The average molecular weight is 580 g/mol. The molecule has 0 fully saturated rings. The fourth-order valence-corrected chi connectivity index (χ4v) is 5.38. The lowest BCUT2D eigenvalue weighted by Crippen LogP contribution is -2.06. The Balaban J connectivity index is 1.81. The molecule has 42 heavy (non-hydrogen) atoms. The van der Waals surface area contributed by atoms with Crippen LogP contribution in [-0.4, -0.2) is 26.0 Å². The number of carbonyl (C=O) groups is 1. The third-order valence-electron chi connectivity index (χ3n) is 8.15. The summed E-state index contributed by atoms with van der Waals surface area (Å²) in [5, 5.41) is 3.10. The van der Waals surface area contributed by atoms with E-state index in [1.54, 1.807) is 0 Å². The predicted octanol–water partition coefficient (Wildman–Crippen LogP) is 11.6. The Kier molecular flexibility index (Phi) is 20.4. The van der Waals surface area contributed by atoms with Crippen LogP contribution in [0.3, 0.4) is 0 Å². The summed E-state index contributed by atoms with van der Waals surface area (Å²) in [6.07, 6.45) is 26.0. The first-order valence-corrected chi connectivity index (χ1v) is 17.4. The molecule has 4 nitrogen and oxygen atoms in total. The van der Waals surface area contributed by atoms with E-state index in [4.69, 9.17) is 9.47 Å². The SMILES string of the molecule is CCCCCCCCCCCCOc1ccc(C(=O)c2ccc(NC)cc2)cc1OCCCCCCCCCCCC. The quantitative estimate of drug-likeness (QED) is 0.0844. The van der Waals surface area contributed by atoms with Crippen LogP contribution in [-0.2, 0) is 0 Å². The van der Waals surface area contributed by atoms with Crippen LogP contribution in [0.15, 0.2) is 42.5 Å². The van der Waals surface area contributed by atoms with Gasteiger partial charge in [0.1, 0.15) is 0 Å². The van der Waals surface area contributed by atoms with Crippen molar-refractivity contribution in [2.45, 2.75) is 142 Å². The molecule has 0 aliphatic rings. The molecule has 0 saturated heterocycles. The Bertz CT molecular complexity index is 940. The highest BCUT2D eigenvalue weighted by atomic mass is 16.5. The zero-order valence-electron chi connectivity index (χ0n) is 27.3. The molecule has 0 unspecified atom stereocenters. The molecule has 0 bridgehead atoms. The normalized spacial score (nSPS) is 11.0. The van der Waals surface area contributed by atoms with Crippen molar-refractivity contribution in [3.8, 4) is 11.5 Å². The van der Waals surface area contributed by atoms with Crippen LogP contribution in [0.25, 0.3) is 0 Å². The van der Waals surface area contributed by atoms with Gasteiger partial charge in [-0.05, 0) is 55.3 Å². The maximum absolute atomic E-state index is 13.2. The minimum atomic E-state index is 0.00249. The molecular formula is C38H61NO3. The Morgan fingerprint density at radius 2 is 0.929 bits per heavy atom.